The lowest BCUT2D eigenvalue weighted by Crippen LogP contribution is -2.51. The fraction of sp³-hybridized carbons (Fsp3) is 0.438. The average Bonchev–Trinajstić information content (AvgIpc) is 3.08. The van der Waals surface area contributed by atoms with Crippen molar-refractivity contribution in [3.05, 3.63) is 36.4 Å². The van der Waals surface area contributed by atoms with Crippen molar-refractivity contribution in [3.63, 3.8) is 0 Å². The number of piperidine rings is 1. The first-order valence-corrected chi connectivity index (χ1v) is 7.69. The molecule has 0 spiro atoms. The van der Waals surface area contributed by atoms with E-state index in [4.69, 9.17) is 4.74 Å². The van der Waals surface area contributed by atoms with Crippen molar-refractivity contribution in [2.45, 2.75) is 25.4 Å². The minimum absolute atomic E-state index is 0.0998. The second-order valence-corrected chi connectivity index (χ2v) is 5.67. The summed E-state index contributed by atoms with van der Waals surface area (Å²) in [5.74, 6) is 1.58. The molecule has 1 N–H and O–H groups in total. The Morgan fingerprint density at radius 2 is 2.26 bits per heavy atom. The van der Waals surface area contributed by atoms with Gasteiger partial charge in [-0.25, -0.2) is 4.98 Å². The summed E-state index contributed by atoms with van der Waals surface area (Å²) in [6.45, 7) is 1.28. The molecule has 1 atom stereocenters. The average molecular weight is 315 g/mol. The number of anilines is 1. The summed E-state index contributed by atoms with van der Waals surface area (Å²) in [4.78, 5) is 20.9. The Morgan fingerprint density at radius 1 is 1.43 bits per heavy atom. The van der Waals surface area contributed by atoms with E-state index in [0.717, 1.165) is 30.1 Å². The molecular weight excluding hydrogens is 294 g/mol. The number of aromatic amines is 1. The second-order valence-electron chi connectivity index (χ2n) is 5.67. The Kier molecular flexibility index (Phi) is 4.57. The van der Waals surface area contributed by atoms with Gasteiger partial charge in [0.05, 0.1) is 25.4 Å². The van der Waals surface area contributed by atoms with Crippen LogP contribution in [-0.4, -0.2) is 52.7 Å². The Morgan fingerprint density at radius 3 is 3.00 bits per heavy atom. The third kappa shape index (κ3) is 3.19. The van der Waals surface area contributed by atoms with Crippen LogP contribution in [0.3, 0.4) is 0 Å². The Bertz CT molecular complexity index is 658. The zero-order chi connectivity index (χ0) is 16.2. The van der Waals surface area contributed by atoms with Gasteiger partial charge in [-0.15, -0.1) is 0 Å². The van der Waals surface area contributed by atoms with Crippen LogP contribution in [0.1, 0.15) is 18.7 Å². The number of amides is 1. The van der Waals surface area contributed by atoms with E-state index in [1.54, 1.807) is 7.11 Å². The number of carbonyl (C=O) groups is 1. The first-order chi connectivity index (χ1) is 11.2. The number of carbonyl (C=O) groups excluding carboxylic acids is 1. The largest absolute Gasteiger partial charge is 0.495 e. The second kappa shape index (κ2) is 6.78. The van der Waals surface area contributed by atoms with E-state index >= 15 is 0 Å². The number of hydrogen-bond acceptors (Lipinski definition) is 5. The third-order valence-electron chi connectivity index (χ3n) is 4.18. The maximum Gasteiger partial charge on any atom is 0.244 e. The number of hydrogen-bond donors (Lipinski definition) is 1. The van der Waals surface area contributed by atoms with Crippen LogP contribution in [0.5, 0.6) is 5.75 Å². The molecule has 0 bridgehead atoms. The number of ether oxygens (including phenoxy) is 1. The Hall–Kier alpha value is -2.41. The molecule has 1 saturated heterocycles. The smallest absolute Gasteiger partial charge is 0.244 e. The van der Waals surface area contributed by atoms with Crippen LogP contribution < -0.4 is 9.64 Å². The molecule has 1 aromatic heterocycles. The zero-order valence-corrected chi connectivity index (χ0v) is 13.4. The minimum Gasteiger partial charge on any atom is -0.495 e. The molecule has 23 heavy (non-hydrogen) atoms. The first-order valence-electron chi connectivity index (χ1n) is 7.69. The van der Waals surface area contributed by atoms with Gasteiger partial charge in [-0.05, 0) is 32.0 Å². The fourth-order valence-electron chi connectivity index (χ4n) is 3.01. The Labute approximate surface area is 135 Å². The molecule has 2 heterocycles. The molecule has 1 amide bonds. The van der Waals surface area contributed by atoms with Gasteiger partial charge in [0.1, 0.15) is 17.9 Å². The van der Waals surface area contributed by atoms with E-state index in [2.05, 4.69) is 15.2 Å². The van der Waals surface area contributed by atoms with E-state index in [9.17, 15) is 4.79 Å². The van der Waals surface area contributed by atoms with Gasteiger partial charge in [0.15, 0.2) is 0 Å². The van der Waals surface area contributed by atoms with Crippen molar-refractivity contribution in [1.29, 1.82) is 0 Å². The lowest BCUT2D eigenvalue weighted by molar-refractivity contribution is -0.125. The highest BCUT2D eigenvalue weighted by molar-refractivity contribution is 5.99. The number of rotatable bonds is 5. The van der Waals surface area contributed by atoms with Gasteiger partial charge in [0, 0.05) is 6.54 Å². The van der Waals surface area contributed by atoms with Gasteiger partial charge in [0.25, 0.3) is 0 Å². The van der Waals surface area contributed by atoms with Gasteiger partial charge in [-0.2, -0.15) is 5.10 Å². The van der Waals surface area contributed by atoms with E-state index in [1.165, 1.54) is 6.33 Å². The van der Waals surface area contributed by atoms with Crippen LogP contribution in [0, 0.1) is 0 Å². The quantitative estimate of drug-likeness (QED) is 0.904. The third-order valence-corrected chi connectivity index (χ3v) is 4.18. The monoisotopic (exact) mass is 315 g/mol. The summed E-state index contributed by atoms with van der Waals surface area (Å²) in [6, 6.07) is 7.47. The predicted molar refractivity (Wildman–Crippen MR) is 86.2 cm³/mol. The van der Waals surface area contributed by atoms with Crippen molar-refractivity contribution in [2.75, 3.05) is 25.6 Å². The van der Waals surface area contributed by atoms with Gasteiger partial charge >= 0.3 is 0 Å². The maximum atomic E-state index is 12.9. The molecule has 1 aliphatic heterocycles. The minimum atomic E-state index is -0.168. The van der Waals surface area contributed by atoms with Crippen molar-refractivity contribution >= 4 is 11.6 Å². The maximum absolute atomic E-state index is 12.9. The van der Waals surface area contributed by atoms with E-state index in [-0.39, 0.29) is 11.9 Å². The van der Waals surface area contributed by atoms with Crippen molar-refractivity contribution < 1.29 is 9.53 Å². The number of H-pyrrole nitrogens is 1. The van der Waals surface area contributed by atoms with Crippen LogP contribution in [0.15, 0.2) is 30.6 Å². The molecule has 0 radical (unpaired) electrons. The molecule has 3 rings (SSSR count). The number of benzene rings is 1. The van der Waals surface area contributed by atoms with Crippen molar-refractivity contribution in [3.8, 4) is 5.75 Å². The van der Waals surface area contributed by atoms with E-state index in [1.807, 2.05) is 41.1 Å². The number of nitrogens with one attached hydrogen (secondary N) is 1. The topological polar surface area (TPSA) is 74.3 Å². The first kappa shape index (κ1) is 15.5. The highest BCUT2D eigenvalue weighted by atomic mass is 16.5. The molecule has 1 fully saturated rings. The molecular formula is C16H21N5O2. The molecule has 7 heteroatoms. The number of likely N-dealkylation sites (N-methyl/N-ethyl adjacent to an activating group) is 1. The number of para-hydroxylation sites is 2. The molecule has 1 aliphatic rings. The molecule has 0 aliphatic carbocycles. The van der Waals surface area contributed by atoms with Gasteiger partial charge in [0.2, 0.25) is 5.91 Å². The summed E-state index contributed by atoms with van der Waals surface area (Å²) in [5, 5.41) is 6.69. The number of methoxy groups -OCH3 is 1. The number of aromatic nitrogens is 3. The molecule has 7 nitrogen and oxygen atoms in total. The molecule has 2 aromatic rings. The van der Waals surface area contributed by atoms with Crippen LogP contribution >= 0.6 is 0 Å². The summed E-state index contributed by atoms with van der Waals surface area (Å²) in [7, 11) is 3.57. The summed E-state index contributed by atoms with van der Waals surface area (Å²) in [5.41, 5.74) is 0.831. The zero-order valence-electron chi connectivity index (χ0n) is 13.4. The summed E-state index contributed by atoms with van der Waals surface area (Å²) < 4.78 is 5.40. The fourth-order valence-corrected chi connectivity index (χ4v) is 3.01. The van der Waals surface area contributed by atoms with Gasteiger partial charge in [-0.3, -0.25) is 14.8 Å². The molecule has 122 valence electrons. The molecule has 0 saturated carbocycles. The lowest BCUT2D eigenvalue weighted by atomic mass is 10.0. The lowest BCUT2D eigenvalue weighted by Gasteiger charge is -2.37. The summed E-state index contributed by atoms with van der Waals surface area (Å²) in [6.07, 6.45) is 3.28. The normalized spacial score (nSPS) is 18.5. The van der Waals surface area contributed by atoms with Crippen LogP contribution in [0.25, 0.3) is 0 Å². The standard InChI is InChI=1S/C16H21N5O2/c1-20(10-15-17-11-18-19-15)13-7-5-9-21(16(13)22)12-6-3-4-8-14(12)23-2/h3-4,6,8,11,13H,5,7,9-10H2,1-2H3,(H,17,18,19). The number of nitrogens with zero attached hydrogens (tertiary/aromatic N) is 4. The predicted octanol–water partition coefficient (Wildman–Crippen LogP) is 1.44. The van der Waals surface area contributed by atoms with E-state index in [0.29, 0.717) is 13.1 Å². The summed E-state index contributed by atoms with van der Waals surface area (Å²) >= 11 is 0. The molecule has 1 aromatic carbocycles. The van der Waals surface area contributed by atoms with Gasteiger partial charge in [-0.1, -0.05) is 12.1 Å². The van der Waals surface area contributed by atoms with Crippen molar-refractivity contribution in [2.24, 2.45) is 0 Å². The SMILES string of the molecule is COc1ccccc1N1CCCC(N(C)Cc2ncn[nH]2)C1=O. The highest BCUT2D eigenvalue weighted by Gasteiger charge is 2.33. The van der Waals surface area contributed by atoms with Crippen LogP contribution in [0.4, 0.5) is 5.69 Å². The molecule has 1 unspecified atom stereocenters. The van der Waals surface area contributed by atoms with Crippen LogP contribution in [0.2, 0.25) is 0 Å². The van der Waals surface area contributed by atoms with Crippen molar-refractivity contribution in [1.82, 2.24) is 20.1 Å². The van der Waals surface area contributed by atoms with Gasteiger partial charge < -0.3 is 9.64 Å². The highest BCUT2D eigenvalue weighted by Crippen LogP contribution is 2.31. The van der Waals surface area contributed by atoms with Crippen LogP contribution in [-0.2, 0) is 11.3 Å². The Balaban J connectivity index is 1.78. The van der Waals surface area contributed by atoms with E-state index < -0.39 is 0 Å².